The first-order valence-electron chi connectivity index (χ1n) is 5.24. The van der Waals surface area contributed by atoms with E-state index in [1.54, 1.807) is 18.2 Å². The Morgan fingerprint density at radius 3 is 2.81 bits per heavy atom. The van der Waals surface area contributed by atoms with Gasteiger partial charge in [-0.25, -0.2) is 0 Å². The number of anilines is 1. The van der Waals surface area contributed by atoms with E-state index >= 15 is 0 Å². The van der Waals surface area contributed by atoms with Gasteiger partial charge >= 0.3 is 0 Å². The zero-order valence-electron chi connectivity index (χ0n) is 9.47. The summed E-state index contributed by atoms with van der Waals surface area (Å²) in [5, 5.41) is 13.7. The Hall–Kier alpha value is -1.62. The smallest absolute Gasteiger partial charge is 0.292 e. The highest BCUT2D eigenvalue weighted by molar-refractivity contribution is 5.61. The lowest BCUT2D eigenvalue weighted by Gasteiger charge is -2.13. The molecule has 0 saturated carbocycles. The summed E-state index contributed by atoms with van der Waals surface area (Å²) in [5.74, 6) is 0. The fourth-order valence-corrected chi connectivity index (χ4v) is 1.38. The summed E-state index contributed by atoms with van der Waals surface area (Å²) in [6.45, 7) is 5.03. The minimum Gasteiger partial charge on any atom is -0.377 e. The van der Waals surface area contributed by atoms with Gasteiger partial charge in [-0.2, -0.15) is 0 Å². The van der Waals surface area contributed by atoms with E-state index in [1.165, 1.54) is 6.07 Å². The second kappa shape index (κ2) is 6.07. The molecule has 16 heavy (non-hydrogen) atoms. The van der Waals surface area contributed by atoms with Crippen LogP contribution in [0.3, 0.4) is 0 Å². The van der Waals surface area contributed by atoms with Crippen molar-refractivity contribution in [1.82, 2.24) is 0 Å². The monoisotopic (exact) mass is 224 g/mol. The highest BCUT2D eigenvalue weighted by atomic mass is 16.6. The third kappa shape index (κ3) is 3.51. The first-order chi connectivity index (χ1) is 7.65. The zero-order valence-corrected chi connectivity index (χ0v) is 9.47. The first kappa shape index (κ1) is 12.4. The average molecular weight is 224 g/mol. The Morgan fingerprint density at radius 1 is 1.50 bits per heavy atom. The van der Waals surface area contributed by atoms with Crippen LogP contribution in [0.15, 0.2) is 24.3 Å². The average Bonchev–Trinajstić information content (AvgIpc) is 2.27. The first-order valence-corrected chi connectivity index (χ1v) is 5.24. The molecule has 1 aromatic carbocycles. The van der Waals surface area contributed by atoms with Crippen molar-refractivity contribution < 1.29 is 9.66 Å². The molecular formula is C11H16N2O3. The van der Waals surface area contributed by atoms with E-state index in [1.807, 2.05) is 13.8 Å². The largest absolute Gasteiger partial charge is 0.377 e. The van der Waals surface area contributed by atoms with Crippen LogP contribution in [0.5, 0.6) is 0 Å². The van der Waals surface area contributed by atoms with Crippen LogP contribution >= 0.6 is 0 Å². The van der Waals surface area contributed by atoms with E-state index < -0.39 is 4.92 Å². The van der Waals surface area contributed by atoms with E-state index in [9.17, 15) is 10.1 Å². The molecule has 0 aliphatic rings. The van der Waals surface area contributed by atoms with Gasteiger partial charge in [0.05, 0.1) is 11.0 Å². The minimum atomic E-state index is -0.395. The number of hydrogen-bond acceptors (Lipinski definition) is 4. The molecule has 88 valence electrons. The lowest BCUT2D eigenvalue weighted by atomic mass is 10.2. The number of nitro groups is 1. The summed E-state index contributed by atoms with van der Waals surface area (Å²) in [6.07, 6.45) is 0.0322. The highest BCUT2D eigenvalue weighted by Gasteiger charge is 2.12. The molecule has 1 unspecified atom stereocenters. The number of ether oxygens (including phenoxy) is 1. The molecule has 0 spiro atoms. The molecule has 0 saturated heterocycles. The van der Waals surface area contributed by atoms with E-state index in [4.69, 9.17) is 4.74 Å². The molecule has 1 rings (SSSR count). The number of benzene rings is 1. The van der Waals surface area contributed by atoms with Crippen LogP contribution in [0.4, 0.5) is 11.4 Å². The number of rotatable bonds is 6. The maximum atomic E-state index is 10.7. The summed E-state index contributed by atoms with van der Waals surface area (Å²) in [7, 11) is 0. The van der Waals surface area contributed by atoms with Crippen molar-refractivity contribution in [3.8, 4) is 0 Å². The Bertz CT molecular complexity index is 355. The van der Waals surface area contributed by atoms with Crippen LogP contribution in [0, 0.1) is 10.1 Å². The zero-order chi connectivity index (χ0) is 12.0. The van der Waals surface area contributed by atoms with Crippen molar-refractivity contribution in [2.75, 3.05) is 18.5 Å². The van der Waals surface area contributed by atoms with Crippen molar-refractivity contribution in [2.45, 2.75) is 20.0 Å². The Morgan fingerprint density at radius 2 is 2.19 bits per heavy atom. The maximum absolute atomic E-state index is 10.7. The molecule has 0 heterocycles. The quantitative estimate of drug-likeness (QED) is 0.595. The third-order valence-corrected chi connectivity index (χ3v) is 2.13. The number of para-hydroxylation sites is 2. The van der Waals surface area contributed by atoms with Crippen LogP contribution in [0.25, 0.3) is 0 Å². The summed E-state index contributed by atoms with van der Waals surface area (Å²) in [4.78, 5) is 10.3. The lowest BCUT2D eigenvalue weighted by Crippen LogP contribution is -2.20. The molecule has 0 aliphatic carbocycles. The van der Waals surface area contributed by atoms with Crippen molar-refractivity contribution in [3.05, 3.63) is 34.4 Å². The van der Waals surface area contributed by atoms with Crippen molar-refractivity contribution >= 4 is 11.4 Å². The topological polar surface area (TPSA) is 64.4 Å². The summed E-state index contributed by atoms with van der Waals surface area (Å²) in [5.41, 5.74) is 0.616. The Kier molecular flexibility index (Phi) is 4.72. The fourth-order valence-electron chi connectivity index (χ4n) is 1.38. The van der Waals surface area contributed by atoms with Crippen LogP contribution < -0.4 is 5.32 Å². The molecule has 1 aromatic rings. The van der Waals surface area contributed by atoms with Crippen LogP contribution in [0.1, 0.15) is 13.8 Å². The van der Waals surface area contributed by atoms with Crippen molar-refractivity contribution in [2.24, 2.45) is 0 Å². The molecular weight excluding hydrogens is 208 g/mol. The van der Waals surface area contributed by atoms with Crippen molar-refractivity contribution in [1.29, 1.82) is 0 Å². The van der Waals surface area contributed by atoms with Gasteiger partial charge in [-0.1, -0.05) is 12.1 Å². The van der Waals surface area contributed by atoms with Crippen LogP contribution in [0.2, 0.25) is 0 Å². The number of nitrogens with one attached hydrogen (secondary N) is 1. The molecule has 0 radical (unpaired) electrons. The van der Waals surface area contributed by atoms with E-state index in [2.05, 4.69) is 5.32 Å². The third-order valence-electron chi connectivity index (χ3n) is 2.13. The Labute approximate surface area is 94.6 Å². The molecule has 0 aliphatic heterocycles. The normalized spacial score (nSPS) is 12.1. The molecule has 0 fully saturated rings. The second-order valence-corrected chi connectivity index (χ2v) is 3.42. The standard InChI is InChI=1S/C11H16N2O3/c1-3-16-9(2)8-12-10-6-4-5-7-11(10)13(14)15/h4-7,9,12H,3,8H2,1-2H3. The van der Waals surface area contributed by atoms with Gasteiger partial charge in [0.1, 0.15) is 5.69 Å². The van der Waals surface area contributed by atoms with Crippen LogP contribution in [-0.2, 0) is 4.74 Å². The number of nitro benzene ring substituents is 1. The number of hydrogen-bond donors (Lipinski definition) is 1. The fraction of sp³-hybridized carbons (Fsp3) is 0.455. The van der Waals surface area contributed by atoms with Gasteiger partial charge in [0.25, 0.3) is 5.69 Å². The minimum absolute atomic E-state index is 0.0322. The van der Waals surface area contributed by atoms with Gasteiger partial charge in [-0.05, 0) is 19.9 Å². The van der Waals surface area contributed by atoms with Gasteiger partial charge in [-0.3, -0.25) is 10.1 Å². The molecule has 1 N–H and O–H groups in total. The summed E-state index contributed by atoms with van der Waals surface area (Å²) in [6, 6.07) is 6.58. The van der Waals surface area contributed by atoms with E-state index in [0.29, 0.717) is 18.8 Å². The molecule has 0 aromatic heterocycles. The molecule has 0 bridgehead atoms. The maximum Gasteiger partial charge on any atom is 0.292 e. The lowest BCUT2D eigenvalue weighted by molar-refractivity contribution is -0.384. The van der Waals surface area contributed by atoms with E-state index in [0.717, 1.165) is 0 Å². The Balaban J connectivity index is 2.63. The molecule has 5 nitrogen and oxygen atoms in total. The predicted molar refractivity (Wildman–Crippen MR) is 62.7 cm³/mol. The van der Waals surface area contributed by atoms with Gasteiger partial charge in [-0.15, -0.1) is 0 Å². The van der Waals surface area contributed by atoms with Crippen molar-refractivity contribution in [3.63, 3.8) is 0 Å². The second-order valence-electron chi connectivity index (χ2n) is 3.42. The molecule has 1 atom stereocenters. The van der Waals surface area contributed by atoms with Gasteiger partial charge in [0.15, 0.2) is 0 Å². The van der Waals surface area contributed by atoms with E-state index in [-0.39, 0.29) is 11.8 Å². The SMILES string of the molecule is CCOC(C)CNc1ccccc1[N+](=O)[O-]. The van der Waals surface area contributed by atoms with Gasteiger partial charge in [0, 0.05) is 19.2 Å². The molecule has 5 heteroatoms. The number of nitrogens with zero attached hydrogens (tertiary/aromatic N) is 1. The van der Waals surface area contributed by atoms with Gasteiger partial charge < -0.3 is 10.1 Å². The predicted octanol–water partition coefficient (Wildman–Crippen LogP) is 2.43. The van der Waals surface area contributed by atoms with Crippen LogP contribution in [-0.4, -0.2) is 24.2 Å². The summed E-state index contributed by atoms with van der Waals surface area (Å²) < 4.78 is 5.33. The highest BCUT2D eigenvalue weighted by Crippen LogP contribution is 2.22. The van der Waals surface area contributed by atoms with Gasteiger partial charge in [0.2, 0.25) is 0 Å². The molecule has 0 amide bonds. The summed E-state index contributed by atoms with van der Waals surface area (Å²) >= 11 is 0.